The van der Waals surface area contributed by atoms with Gasteiger partial charge in [0.15, 0.2) is 5.82 Å². The Bertz CT molecular complexity index is 871. The molecule has 0 fully saturated rings. The minimum atomic E-state index is -0.382. The van der Waals surface area contributed by atoms with Crippen molar-refractivity contribution in [2.45, 2.75) is 6.92 Å². The van der Waals surface area contributed by atoms with Crippen LogP contribution in [0.5, 0.6) is 5.75 Å². The zero-order valence-corrected chi connectivity index (χ0v) is 12.9. The normalized spacial score (nSPS) is 10.5. The average Bonchev–Trinajstić information content (AvgIpc) is 2.96. The van der Waals surface area contributed by atoms with E-state index in [1.807, 2.05) is 31.2 Å². The Morgan fingerprint density at radius 1 is 1.13 bits per heavy atom. The van der Waals surface area contributed by atoms with Crippen LogP contribution < -0.4 is 10.5 Å². The minimum absolute atomic E-state index is 0.0409. The molecule has 0 saturated carbocycles. The summed E-state index contributed by atoms with van der Waals surface area (Å²) in [6.45, 7) is 1.95. The molecule has 6 heteroatoms. The van der Waals surface area contributed by atoms with Gasteiger partial charge in [0.1, 0.15) is 5.75 Å². The van der Waals surface area contributed by atoms with Gasteiger partial charge in [-0.1, -0.05) is 36.4 Å². The Morgan fingerprint density at radius 3 is 2.57 bits per heavy atom. The number of nitrogen functional groups attached to an aromatic ring is 1. The second kappa shape index (κ2) is 5.92. The monoisotopic (exact) mass is 308 g/mol. The summed E-state index contributed by atoms with van der Waals surface area (Å²) in [6.07, 6.45) is 0. The molecular weight excluding hydrogens is 292 g/mol. The van der Waals surface area contributed by atoms with Crippen molar-refractivity contribution in [3.63, 3.8) is 0 Å². The SMILES string of the molecule is COc1ccccc1C(=O)n1nc(-c2ccccc2C)nc1N. The molecule has 1 aromatic heterocycles. The van der Waals surface area contributed by atoms with Gasteiger partial charge in [-0.2, -0.15) is 9.67 Å². The first kappa shape index (κ1) is 14.8. The van der Waals surface area contributed by atoms with Gasteiger partial charge < -0.3 is 10.5 Å². The van der Waals surface area contributed by atoms with E-state index in [4.69, 9.17) is 10.5 Å². The maximum absolute atomic E-state index is 12.7. The van der Waals surface area contributed by atoms with Gasteiger partial charge in [0.05, 0.1) is 12.7 Å². The van der Waals surface area contributed by atoms with Gasteiger partial charge in [-0.3, -0.25) is 4.79 Å². The van der Waals surface area contributed by atoms with Crippen molar-refractivity contribution < 1.29 is 9.53 Å². The Kier molecular flexibility index (Phi) is 3.80. The molecule has 0 aliphatic heterocycles. The number of carbonyl (C=O) groups is 1. The summed E-state index contributed by atoms with van der Waals surface area (Å²) in [5.41, 5.74) is 8.11. The Labute approximate surface area is 133 Å². The second-order valence-electron chi connectivity index (χ2n) is 5.03. The number of nitrogens with zero attached hydrogens (tertiary/aromatic N) is 3. The van der Waals surface area contributed by atoms with Crippen molar-refractivity contribution in [3.8, 4) is 17.1 Å². The smallest absolute Gasteiger partial charge is 0.285 e. The molecule has 0 atom stereocenters. The molecule has 6 nitrogen and oxygen atoms in total. The molecule has 3 aromatic rings. The third kappa shape index (κ3) is 2.66. The molecule has 2 N–H and O–H groups in total. The van der Waals surface area contributed by atoms with E-state index < -0.39 is 0 Å². The molecule has 116 valence electrons. The van der Waals surface area contributed by atoms with E-state index >= 15 is 0 Å². The Morgan fingerprint density at radius 2 is 1.83 bits per heavy atom. The lowest BCUT2D eigenvalue weighted by Gasteiger charge is -2.07. The highest BCUT2D eigenvalue weighted by Crippen LogP contribution is 2.23. The van der Waals surface area contributed by atoms with Crippen LogP contribution in [0.2, 0.25) is 0 Å². The van der Waals surface area contributed by atoms with Crippen molar-refractivity contribution in [3.05, 3.63) is 59.7 Å². The molecule has 1 heterocycles. The van der Waals surface area contributed by atoms with Gasteiger partial charge in [-0.15, -0.1) is 5.10 Å². The fourth-order valence-corrected chi connectivity index (χ4v) is 2.35. The molecule has 0 aliphatic carbocycles. The van der Waals surface area contributed by atoms with E-state index in [-0.39, 0.29) is 11.9 Å². The number of carbonyl (C=O) groups excluding carboxylic acids is 1. The van der Waals surface area contributed by atoms with E-state index in [1.165, 1.54) is 7.11 Å². The summed E-state index contributed by atoms with van der Waals surface area (Å²) in [4.78, 5) is 16.9. The highest BCUT2D eigenvalue weighted by Gasteiger charge is 2.20. The summed E-state index contributed by atoms with van der Waals surface area (Å²) < 4.78 is 6.31. The summed E-state index contributed by atoms with van der Waals surface area (Å²) >= 11 is 0. The number of para-hydroxylation sites is 1. The largest absolute Gasteiger partial charge is 0.496 e. The lowest BCUT2D eigenvalue weighted by molar-refractivity contribution is 0.0945. The number of aryl methyl sites for hydroxylation is 1. The molecule has 3 rings (SSSR count). The number of anilines is 1. The van der Waals surface area contributed by atoms with E-state index in [9.17, 15) is 4.79 Å². The Hall–Kier alpha value is -3.15. The van der Waals surface area contributed by atoms with Crippen LogP contribution in [0.3, 0.4) is 0 Å². The highest BCUT2D eigenvalue weighted by molar-refractivity contribution is 5.99. The number of hydrogen-bond donors (Lipinski definition) is 1. The first-order valence-corrected chi connectivity index (χ1v) is 7.08. The zero-order valence-electron chi connectivity index (χ0n) is 12.9. The van der Waals surface area contributed by atoms with Gasteiger partial charge in [0.2, 0.25) is 5.95 Å². The van der Waals surface area contributed by atoms with Gasteiger partial charge >= 0.3 is 0 Å². The molecule has 2 aromatic carbocycles. The quantitative estimate of drug-likeness (QED) is 0.804. The van der Waals surface area contributed by atoms with Crippen LogP contribution in [0.15, 0.2) is 48.5 Å². The number of rotatable bonds is 3. The maximum atomic E-state index is 12.7. The number of aromatic nitrogens is 3. The van der Waals surface area contributed by atoms with Crippen LogP contribution in [-0.2, 0) is 0 Å². The molecule has 0 amide bonds. The van der Waals surface area contributed by atoms with Crippen LogP contribution in [-0.4, -0.2) is 27.8 Å². The summed E-state index contributed by atoms with van der Waals surface area (Å²) in [6, 6.07) is 14.6. The highest BCUT2D eigenvalue weighted by atomic mass is 16.5. The maximum Gasteiger partial charge on any atom is 0.285 e. The van der Waals surface area contributed by atoms with Crippen LogP contribution in [0.25, 0.3) is 11.4 Å². The molecule has 0 saturated heterocycles. The van der Waals surface area contributed by atoms with Crippen molar-refractivity contribution in [2.24, 2.45) is 0 Å². The summed E-state index contributed by atoms with van der Waals surface area (Å²) in [5.74, 6) is 0.542. The number of benzene rings is 2. The second-order valence-corrected chi connectivity index (χ2v) is 5.03. The van der Waals surface area contributed by atoms with Crippen LogP contribution in [0, 0.1) is 6.92 Å². The molecule has 0 aliphatic rings. The molecule has 0 radical (unpaired) electrons. The van der Waals surface area contributed by atoms with Gasteiger partial charge in [-0.25, -0.2) is 0 Å². The summed E-state index contributed by atoms with van der Waals surface area (Å²) in [7, 11) is 1.51. The fourth-order valence-electron chi connectivity index (χ4n) is 2.35. The van der Waals surface area contributed by atoms with Crippen molar-refractivity contribution in [1.82, 2.24) is 14.8 Å². The Balaban J connectivity index is 2.05. The molecule has 0 spiro atoms. The molecule has 0 bridgehead atoms. The van der Waals surface area contributed by atoms with E-state index in [2.05, 4.69) is 10.1 Å². The third-order valence-corrected chi connectivity index (χ3v) is 3.55. The fraction of sp³-hybridized carbons (Fsp3) is 0.118. The average molecular weight is 308 g/mol. The topological polar surface area (TPSA) is 83.0 Å². The van der Waals surface area contributed by atoms with E-state index in [1.54, 1.807) is 24.3 Å². The van der Waals surface area contributed by atoms with Crippen molar-refractivity contribution >= 4 is 11.9 Å². The predicted octanol–water partition coefficient (Wildman–Crippen LogP) is 2.53. The zero-order chi connectivity index (χ0) is 16.4. The van der Waals surface area contributed by atoms with E-state index in [0.717, 1.165) is 15.8 Å². The lowest BCUT2D eigenvalue weighted by Crippen LogP contribution is -2.17. The van der Waals surface area contributed by atoms with E-state index in [0.29, 0.717) is 17.1 Å². The first-order chi connectivity index (χ1) is 11.1. The number of hydrogen-bond acceptors (Lipinski definition) is 5. The number of methoxy groups -OCH3 is 1. The van der Waals surface area contributed by atoms with Crippen LogP contribution in [0.1, 0.15) is 15.9 Å². The standard InChI is InChI=1S/C17H16N4O2/c1-11-7-3-4-8-12(11)15-19-17(18)21(20-15)16(22)13-9-5-6-10-14(13)23-2/h3-10H,1-2H3,(H2,18,19,20). The van der Waals surface area contributed by atoms with Crippen LogP contribution in [0.4, 0.5) is 5.95 Å². The molecule has 0 unspecified atom stereocenters. The predicted molar refractivity (Wildman–Crippen MR) is 87.3 cm³/mol. The number of nitrogens with two attached hydrogens (primary N) is 1. The van der Waals surface area contributed by atoms with Crippen molar-refractivity contribution in [1.29, 1.82) is 0 Å². The first-order valence-electron chi connectivity index (χ1n) is 7.08. The molecule has 23 heavy (non-hydrogen) atoms. The van der Waals surface area contributed by atoms with Crippen molar-refractivity contribution in [2.75, 3.05) is 12.8 Å². The van der Waals surface area contributed by atoms with Gasteiger partial charge in [0, 0.05) is 5.56 Å². The lowest BCUT2D eigenvalue weighted by atomic mass is 10.1. The van der Waals surface area contributed by atoms with Crippen LogP contribution >= 0.6 is 0 Å². The minimum Gasteiger partial charge on any atom is -0.496 e. The number of ether oxygens (including phenoxy) is 1. The van der Waals surface area contributed by atoms with Gasteiger partial charge in [0.25, 0.3) is 5.91 Å². The third-order valence-electron chi connectivity index (χ3n) is 3.55. The molecular formula is C17H16N4O2. The summed E-state index contributed by atoms with van der Waals surface area (Å²) in [5, 5.41) is 4.27. The van der Waals surface area contributed by atoms with Gasteiger partial charge in [-0.05, 0) is 24.6 Å².